The van der Waals surface area contributed by atoms with Gasteiger partial charge in [0.25, 0.3) is 11.1 Å². The fourth-order valence-corrected chi connectivity index (χ4v) is 5.15. The standard InChI is InChI=1S/C22H27ClN2O4S/c1-7-29-20(27)13(3)25-19(26)18(30-21(25)28)9-14-8-15-12(2)11-22(4,5)24(6)17(15)10-16(14)23/h8-10,12-13H,7,11H2,1-6H3/b18-9+/t12-,13-/m0/s1. The van der Waals surface area contributed by atoms with Crippen molar-refractivity contribution < 1.29 is 19.1 Å². The minimum absolute atomic E-state index is 0.0170. The maximum absolute atomic E-state index is 12.8. The summed E-state index contributed by atoms with van der Waals surface area (Å²) in [7, 11) is 2.06. The van der Waals surface area contributed by atoms with Gasteiger partial charge in [0.05, 0.1) is 11.5 Å². The van der Waals surface area contributed by atoms with Crippen LogP contribution in [0.25, 0.3) is 6.08 Å². The summed E-state index contributed by atoms with van der Waals surface area (Å²) in [5.74, 6) is -0.785. The zero-order chi connectivity index (χ0) is 22.4. The third-order valence-electron chi connectivity index (χ3n) is 5.88. The summed E-state index contributed by atoms with van der Waals surface area (Å²) >= 11 is 7.37. The van der Waals surface area contributed by atoms with E-state index in [1.165, 1.54) is 6.92 Å². The van der Waals surface area contributed by atoms with Crippen LogP contribution in [0.5, 0.6) is 0 Å². The van der Waals surface area contributed by atoms with Crippen molar-refractivity contribution in [2.75, 3.05) is 18.6 Å². The van der Waals surface area contributed by atoms with E-state index in [0.717, 1.165) is 34.3 Å². The van der Waals surface area contributed by atoms with Crippen LogP contribution in [0.15, 0.2) is 17.0 Å². The Morgan fingerprint density at radius 2 is 2.07 bits per heavy atom. The van der Waals surface area contributed by atoms with Gasteiger partial charge in [0.15, 0.2) is 0 Å². The molecule has 1 aromatic carbocycles. The van der Waals surface area contributed by atoms with Crippen LogP contribution < -0.4 is 4.90 Å². The molecule has 0 unspecified atom stereocenters. The van der Waals surface area contributed by atoms with Crippen molar-refractivity contribution in [3.8, 4) is 0 Å². The van der Waals surface area contributed by atoms with Crippen molar-refractivity contribution in [3.05, 3.63) is 33.2 Å². The lowest BCUT2D eigenvalue weighted by Crippen LogP contribution is -2.45. The van der Waals surface area contributed by atoms with Gasteiger partial charge in [-0.25, -0.2) is 4.79 Å². The molecule has 0 N–H and O–H groups in total. The third kappa shape index (κ3) is 3.97. The molecular formula is C22H27ClN2O4S. The fraction of sp³-hybridized carbons (Fsp3) is 0.500. The number of hydrogen-bond acceptors (Lipinski definition) is 6. The van der Waals surface area contributed by atoms with E-state index in [4.69, 9.17) is 16.3 Å². The third-order valence-corrected chi connectivity index (χ3v) is 7.09. The lowest BCUT2D eigenvalue weighted by atomic mass is 9.80. The smallest absolute Gasteiger partial charge is 0.329 e. The molecular weight excluding hydrogens is 424 g/mol. The Labute approximate surface area is 186 Å². The number of thioether (sulfide) groups is 1. The van der Waals surface area contributed by atoms with Crippen molar-refractivity contribution in [2.45, 2.75) is 58.5 Å². The molecule has 2 amide bonds. The number of carbonyl (C=O) groups is 3. The van der Waals surface area contributed by atoms with Gasteiger partial charge >= 0.3 is 5.97 Å². The number of rotatable bonds is 4. The second kappa shape index (κ2) is 8.27. The monoisotopic (exact) mass is 450 g/mol. The predicted molar refractivity (Wildman–Crippen MR) is 121 cm³/mol. The summed E-state index contributed by atoms with van der Waals surface area (Å²) in [6, 6.07) is 2.95. The summed E-state index contributed by atoms with van der Waals surface area (Å²) in [5.41, 5.74) is 2.93. The first-order valence-electron chi connectivity index (χ1n) is 9.99. The van der Waals surface area contributed by atoms with E-state index < -0.39 is 23.2 Å². The Morgan fingerprint density at radius 3 is 2.70 bits per heavy atom. The van der Waals surface area contributed by atoms with Crippen molar-refractivity contribution in [1.82, 2.24) is 4.90 Å². The Balaban J connectivity index is 1.95. The number of hydrogen-bond donors (Lipinski definition) is 0. The Morgan fingerprint density at radius 1 is 1.40 bits per heavy atom. The minimum Gasteiger partial charge on any atom is -0.464 e. The number of halogens is 1. The van der Waals surface area contributed by atoms with Crippen LogP contribution in [0, 0.1) is 0 Å². The second-order valence-electron chi connectivity index (χ2n) is 8.39. The van der Waals surface area contributed by atoms with Crippen LogP contribution in [0.3, 0.4) is 0 Å². The number of carbonyl (C=O) groups excluding carboxylic acids is 3. The molecule has 8 heteroatoms. The molecule has 2 atom stereocenters. The number of esters is 1. The van der Waals surface area contributed by atoms with Gasteiger partial charge in [-0.15, -0.1) is 0 Å². The second-order valence-corrected chi connectivity index (χ2v) is 9.79. The molecule has 1 fully saturated rings. The number of nitrogens with zero attached hydrogens (tertiary/aromatic N) is 2. The summed E-state index contributed by atoms with van der Waals surface area (Å²) in [6.45, 7) is 9.94. The molecule has 2 heterocycles. The summed E-state index contributed by atoms with van der Waals surface area (Å²) in [4.78, 5) is 40.6. The van der Waals surface area contributed by atoms with Gasteiger partial charge in [0.1, 0.15) is 6.04 Å². The van der Waals surface area contributed by atoms with E-state index >= 15 is 0 Å². The van der Waals surface area contributed by atoms with E-state index in [1.807, 2.05) is 12.1 Å². The van der Waals surface area contributed by atoms with Crippen molar-refractivity contribution in [2.24, 2.45) is 0 Å². The number of imide groups is 1. The lowest BCUT2D eigenvalue weighted by molar-refractivity contribution is -0.150. The fourth-order valence-electron chi connectivity index (χ4n) is 4.04. The van der Waals surface area contributed by atoms with Gasteiger partial charge in [-0.2, -0.15) is 0 Å². The highest BCUT2D eigenvalue weighted by molar-refractivity contribution is 8.18. The van der Waals surface area contributed by atoms with Crippen molar-refractivity contribution in [1.29, 1.82) is 0 Å². The van der Waals surface area contributed by atoms with Crippen LogP contribution in [0.4, 0.5) is 10.5 Å². The molecule has 0 aromatic heterocycles. The van der Waals surface area contributed by atoms with Crippen LogP contribution in [-0.2, 0) is 14.3 Å². The van der Waals surface area contributed by atoms with Crippen LogP contribution in [0.2, 0.25) is 5.02 Å². The van der Waals surface area contributed by atoms with Gasteiger partial charge < -0.3 is 9.64 Å². The quantitative estimate of drug-likeness (QED) is 0.472. The topological polar surface area (TPSA) is 66.9 Å². The molecule has 1 aromatic rings. The first-order chi connectivity index (χ1) is 14.0. The summed E-state index contributed by atoms with van der Waals surface area (Å²) in [6.07, 6.45) is 2.63. The van der Waals surface area contributed by atoms with E-state index in [0.29, 0.717) is 16.5 Å². The maximum atomic E-state index is 12.8. The van der Waals surface area contributed by atoms with Gasteiger partial charge in [-0.3, -0.25) is 14.5 Å². The van der Waals surface area contributed by atoms with Crippen molar-refractivity contribution >= 4 is 52.2 Å². The molecule has 6 nitrogen and oxygen atoms in total. The highest BCUT2D eigenvalue weighted by Gasteiger charge is 2.41. The number of benzene rings is 1. The zero-order valence-electron chi connectivity index (χ0n) is 18.1. The van der Waals surface area contributed by atoms with E-state index in [2.05, 4.69) is 32.7 Å². The maximum Gasteiger partial charge on any atom is 0.329 e. The first kappa shape index (κ1) is 22.7. The molecule has 2 aliphatic rings. The van der Waals surface area contributed by atoms with Gasteiger partial charge in [-0.1, -0.05) is 18.5 Å². The minimum atomic E-state index is -0.974. The Bertz CT molecular complexity index is 943. The predicted octanol–water partition coefficient (Wildman–Crippen LogP) is 5.05. The van der Waals surface area contributed by atoms with Gasteiger partial charge in [-0.05, 0) is 81.1 Å². The van der Waals surface area contributed by atoms with Crippen LogP contribution in [0.1, 0.15) is 58.1 Å². The molecule has 0 bridgehead atoms. The molecule has 1 saturated heterocycles. The van der Waals surface area contributed by atoms with Gasteiger partial charge in [0, 0.05) is 23.3 Å². The SMILES string of the molecule is CCOC(=O)[C@H](C)N1C(=O)S/C(=C/c2cc3c(cc2Cl)N(C)C(C)(C)C[C@@H]3C)C1=O. The van der Waals surface area contributed by atoms with E-state index in [-0.39, 0.29) is 17.1 Å². The van der Waals surface area contributed by atoms with Gasteiger partial charge in [0.2, 0.25) is 0 Å². The number of amides is 2. The Kier molecular flexibility index (Phi) is 6.25. The molecule has 2 aliphatic heterocycles. The average Bonchev–Trinajstić information content (AvgIpc) is 2.93. The highest BCUT2D eigenvalue weighted by atomic mass is 35.5. The average molecular weight is 451 g/mol. The van der Waals surface area contributed by atoms with Crippen LogP contribution in [-0.4, -0.2) is 47.3 Å². The molecule has 0 radical (unpaired) electrons. The van der Waals surface area contributed by atoms with E-state index in [1.54, 1.807) is 13.0 Å². The number of fused-ring (bicyclic) bond motifs is 1. The summed E-state index contributed by atoms with van der Waals surface area (Å²) < 4.78 is 4.95. The lowest BCUT2D eigenvalue weighted by Gasteiger charge is -2.45. The number of ether oxygens (including phenoxy) is 1. The summed E-state index contributed by atoms with van der Waals surface area (Å²) in [5, 5.41) is 0.0199. The first-order valence-corrected chi connectivity index (χ1v) is 11.2. The molecule has 3 rings (SSSR count). The number of anilines is 1. The highest BCUT2D eigenvalue weighted by Crippen LogP contribution is 2.45. The Hall–Kier alpha value is -1.99. The van der Waals surface area contributed by atoms with Crippen molar-refractivity contribution in [3.63, 3.8) is 0 Å². The molecule has 0 aliphatic carbocycles. The molecule has 0 saturated carbocycles. The van der Waals surface area contributed by atoms with E-state index in [9.17, 15) is 14.4 Å². The molecule has 162 valence electrons. The normalized spacial score (nSPS) is 23.0. The molecule has 0 spiro atoms. The van der Waals surface area contributed by atoms with Crippen LogP contribution >= 0.6 is 23.4 Å². The molecule has 30 heavy (non-hydrogen) atoms. The zero-order valence-corrected chi connectivity index (χ0v) is 19.7. The largest absolute Gasteiger partial charge is 0.464 e.